The van der Waals surface area contributed by atoms with Crippen LogP contribution in [0.4, 0.5) is 5.69 Å². The van der Waals surface area contributed by atoms with Crippen molar-refractivity contribution < 1.29 is 23.9 Å². The van der Waals surface area contributed by atoms with E-state index in [1.807, 2.05) is 49.4 Å². The van der Waals surface area contributed by atoms with Crippen molar-refractivity contribution in [2.75, 3.05) is 11.9 Å². The Morgan fingerprint density at radius 1 is 1.03 bits per heavy atom. The highest BCUT2D eigenvalue weighted by Crippen LogP contribution is 2.55. The summed E-state index contributed by atoms with van der Waals surface area (Å²) in [5.41, 5.74) is 0.366. The number of hydrogen-bond acceptors (Lipinski definition) is 5. The summed E-state index contributed by atoms with van der Waals surface area (Å²) in [5.74, 6) is -1.51. The van der Waals surface area contributed by atoms with E-state index in [0.717, 1.165) is 37.0 Å². The molecular weight excluding hydrogens is 494 g/mol. The second-order valence-corrected chi connectivity index (χ2v) is 10.9. The summed E-state index contributed by atoms with van der Waals surface area (Å²) in [5, 5.41) is 6.19. The summed E-state index contributed by atoms with van der Waals surface area (Å²) >= 11 is 0. The molecule has 0 unspecified atom stereocenters. The van der Waals surface area contributed by atoms with Gasteiger partial charge in [0, 0.05) is 18.3 Å². The quantitative estimate of drug-likeness (QED) is 0.507. The van der Waals surface area contributed by atoms with Crippen LogP contribution in [-0.4, -0.2) is 53.0 Å². The number of benzene rings is 2. The largest absolute Gasteiger partial charge is 0.494 e. The van der Waals surface area contributed by atoms with Gasteiger partial charge in [-0.25, -0.2) is 0 Å². The van der Waals surface area contributed by atoms with Crippen molar-refractivity contribution in [1.29, 1.82) is 0 Å². The van der Waals surface area contributed by atoms with Gasteiger partial charge in [-0.3, -0.25) is 14.4 Å². The van der Waals surface area contributed by atoms with Gasteiger partial charge in [0.2, 0.25) is 17.7 Å². The maximum Gasteiger partial charge on any atom is 0.246 e. The van der Waals surface area contributed by atoms with Crippen LogP contribution < -0.4 is 15.4 Å². The number of nitrogens with zero attached hydrogens (tertiary/aromatic N) is 1. The van der Waals surface area contributed by atoms with Crippen molar-refractivity contribution in [1.82, 2.24) is 10.2 Å². The highest BCUT2D eigenvalue weighted by Gasteiger charge is 2.72. The van der Waals surface area contributed by atoms with Gasteiger partial charge in [0.1, 0.15) is 17.4 Å². The van der Waals surface area contributed by atoms with E-state index in [1.165, 1.54) is 6.42 Å². The fourth-order valence-electron chi connectivity index (χ4n) is 6.77. The van der Waals surface area contributed by atoms with Crippen molar-refractivity contribution in [3.63, 3.8) is 0 Å². The van der Waals surface area contributed by atoms with Crippen LogP contribution in [0.5, 0.6) is 5.75 Å². The Kier molecular flexibility index (Phi) is 6.89. The average Bonchev–Trinajstić information content (AvgIpc) is 3.59. The molecule has 3 amide bonds. The fraction of sp³-hybridized carbons (Fsp3) is 0.452. The molecule has 4 aliphatic rings. The first-order valence-corrected chi connectivity index (χ1v) is 14.1. The van der Waals surface area contributed by atoms with E-state index in [9.17, 15) is 14.4 Å². The molecule has 204 valence electrons. The van der Waals surface area contributed by atoms with Crippen molar-refractivity contribution in [3.8, 4) is 5.75 Å². The van der Waals surface area contributed by atoms with E-state index >= 15 is 0 Å². The number of ether oxygens (including phenoxy) is 2. The fourth-order valence-corrected chi connectivity index (χ4v) is 6.77. The van der Waals surface area contributed by atoms with Gasteiger partial charge in [0.15, 0.2) is 0 Å². The monoisotopic (exact) mass is 529 g/mol. The second kappa shape index (κ2) is 10.5. The van der Waals surface area contributed by atoms with Crippen molar-refractivity contribution >= 4 is 23.4 Å². The lowest BCUT2D eigenvalue weighted by Gasteiger charge is -2.34. The van der Waals surface area contributed by atoms with Crippen molar-refractivity contribution in [3.05, 3.63) is 72.3 Å². The number of nitrogens with one attached hydrogen (secondary N) is 2. The molecule has 5 atom stereocenters. The molecule has 2 saturated heterocycles. The first kappa shape index (κ1) is 25.6. The van der Waals surface area contributed by atoms with Gasteiger partial charge in [-0.15, -0.1) is 0 Å². The van der Waals surface area contributed by atoms with Gasteiger partial charge < -0.3 is 25.0 Å². The Morgan fingerprint density at radius 2 is 1.77 bits per heavy atom. The van der Waals surface area contributed by atoms with Crippen LogP contribution in [-0.2, 0) is 25.7 Å². The van der Waals surface area contributed by atoms with Gasteiger partial charge in [0.05, 0.1) is 24.5 Å². The molecule has 3 heterocycles. The van der Waals surface area contributed by atoms with E-state index in [-0.39, 0.29) is 30.3 Å². The van der Waals surface area contributed by atoms with Gasteiger partial charge in [-0.05, 0) is 49.6 Å². The molecule has 1 aliphatic carbocycles. The van der Waals surface area contributed by atoms with E-state index in [0.29, 0.717) is 12.3 Å². The third-order valence-electron chi connectivity index (χ3n) is 8.51. The summed E-state index contributed by atoms with van der Waals surface area (Å²) in [7, 11) is 0. The van der Waals surface area contributed by atoms with Gasteiger partial charge in [-0.1, -0.05) is 61.7 Å². The van der Waals surface area contributed by atoms with Crippen LogP contribution >= 0.6 is 0 Å². The summed E-state index contributed by atoms with van der Waals surface area (Å²) < 4.78 is 11.9. The highest BCUT2D eigenvalue weighted by molar-refractivity contribution is 6.02. The lowest BCUT2D eigenvalue weighted by molar-refractivity contribution is -0.142. The molecule has 1 spiro atoms. The van der Waals surface area contributed by atoms with Gasteiger partial charge >= 0.3 is 0 Å². The molecule has 8 heteroatoms. The molecule has 2 N–H and O–H groups in total. The number of carbonyl (C=O) groups excluding carboxylic acids is 3. The Bertz CT molecular complexity index is 1260. The Hall–Kier alpha value is -3.65. The molecule has 6 rings (SSSR count). The lowest BCUT2D eigenvalue weighted by atomic mass is 9.74. The minimum absolute atomic E-state index is 0.0942. The summed E-state index contributed by atoms with van der Waals surface area (Å²) in [6.07, 6.45) is 8.37. The molecular formula is C31H35N3O5. The van der Waals surface area contributed by atoms with Crippen LogP contribution in [0.1, 0.15) is 44.6 Å². The number of likely N-dealkylation sites (tertiary alicyclic amines) is 1. The maximum atomic E-state index is 14.1. The summed E-state index contributed by atoms with van der Waals surface area (Å²) in [6.45, 7) is 2.74. The molecule has 2 aromatic carbocycles. The van der Waals surface area contributed by atoms with Crippen LogP contribution in [0.3, 0.4) is 0 Å². The molecule has 39 heavy (non-hydrogen) atoms. The third-order valence-corrected chi connectivity index (χ3v) is 8.51. The zero-order valence-electron chi connectivity index (χ0n) is 22.2. The minimum Gasteiger partial charge on any atom is -0.494 e. The van der Waals surface area contributed by atoms with Gasteiger partial charge in [-0.2, -0.15) is 0 Å². The SMILES string of the molecule is CCOc1ccc(NC(=O)[C@@H]2[C@@H]3C=C[C@]4(O3)[C@@H]2C(=O)N(Cc2ccccc2)[C@H]4C(=O)NC2CCCCC2)cc1. The van der Waals surface area contributed by atoms with Crippen LogP contribution in [0.15, 0.2) is 66.7 Å². The Balaban J connectivity index is 1.28. The molecule has 2 bridgehead atoms. The predicted molar refractivity (Wildman–Crippen MR) is 146 cm³/mol. The number of anilines is 1. The first-order valence-electron chi connectivity index (χ1n) is 14.1. The van der Waals surface area contributed by atoms with E-state index in [4.69, 9.17) is 9.47 Å². The number of carbonyl (C=O) groups is 3. The van der Waals surface area contributed by atoms with Crippen LogP contribution in [0.2, 0.25) is 0 Å². The molecule has 8 nitrogen and oxygen atoms in total. The van der Waals surface area contributed by atoms with Crippen molar-refractivity contribution in [2.24, 2.45) is 11.8 Å². The number of rotatable bonds is 8. The normalized spacial score (nSPS) is 29.4. The smallest absolute Gasteiger partial charge is 0.246 e. The van der Waals surface area contributed by atoms with Crippen LogP contribution in [0, 0.1) is 11.8 Å². The van der Waals surface area contributed by atoms with E-state index < -0.39 is 29.6 Å². The third kappa shape index (κ3) is 4.61. The molecule has 2 aromatic rings. The van der Waals surface area contributed by atoms with Crippen LogP contribution in [0.25, 0.3) is 0 Å². The topological polar surface area (TPSA) is 97.0 Å². The first-order chi connectivity index (χ1) is 19.0. The van der Waals surface area contributed by atoms with E-state index in [2.05, 4.69) is 10.6 Å². The average molecular weight is 530 g/mol. The summed E-state index contributed by atoms with van der Waals surface area (Å²) in [6, 6.07) is 16.0. The molecule has 3 aliphatic heterocycles. The predicted octanol–water partition coefficient (Wildman–Crippen LogP) is 3.82. The minimum atomic E-state index is -1.17. The van der Waals surface area contributed by atoms with Crippen molar-refractivity contribution in [2.45, 2.75) is 69.4 Å². The maximum absolute atomic E-state index is 14.1. The zero-order valence-corrected chi connectivity index (χ0v) is 22.2. The molecule has 0 aromatic heterocycles. The van der Waals surface area contributed by atoms with Gasteiger partial charge in [0.25, 0.3) is 0 Å². The zero-order chi connectivity index (χ0) is 27.0. The summed E-state index contributed by atoms with van der Waals surface area (Å²) in [4.78, 5) is 43.3. The molecule has 0 radical (unpaired) electrons. The molecule has 3 fully saturated rings. The number of amides is 3. The lowest BCUT2D eigenvalue weighted by Crippen LogP contribution is -2.56. The standard InChI is InChI=1S/C31H35N3O5/c1-2-38-23-15-13-22(14-16-23)32-28(35)25-24-17-18-31(39-24)26(25)30(37)34(19-20-9-5-3-6-10-20)27(31)29(36)33-21-11-7-4-8-12-21/h3,5-6,9-10,13-18,21,24-27H,2,4,7-8,11-12,19H2,1H3,(H,32,35)(H,33,36)/t24-,25+,26-,27-,31-/m0/s1. The Morgan fingerprint density at radius 3 is 2.49 bits per heavy atom. The highest BCUT2D eigenvalue weighted by atomic mass is 16.5. The number of hydrogen-bond donors (Lipinski definition) is 2. The molecule has 1 saturated carbocycles. The number of fused-ring (bicyclic) bond motifs is 1. The Labute approximate surface area is 228 Å². The van der Waals surface area contributed by atoms with E-state index in [1.54, 1.807) is 29.2 Å². The second-order valence-electron chi connectivity index (χ2n) is 10.9.